The molecule has 0 spiro atoms. The van der Waals surface area contributed by atoms with E-state index in [1.807, 2.05) is 43.4 Å². The van der Waals surface area contributed by atoms with Crippen molar-refractivity contribution in [3.05, 3.63) is 36.4 Å². The van der Waals surface area contributed by atoms with Crippen molar-refractivity contribution in [2.75, 3.05) is 5.32 Å². The summed E-state index contributed by atoms with van der Waals surface area (Å²) in [6.07, 6.45) is 6.37. The smallest absolute Gasteiger partial charge is 0.290 e. The van der Waals surface area contributed by atoms with Gasteiger partial charge in [-0.2, -0.15) is 5.10 Å². The first-order chi connectivity index (χ1) is 14.8. The van der Waals surface area contributed by atoms with Gasteiger partial charge in [0.1, 0.15) is 5.82 Å². The summed E-state index contributed by atoms with van der Waals surface area (Å²) in [7, 11) is 1.86. The number of benzene rings is 1. The molecule has 0 radical (unpaired) electrons. The molecule has 4 aliphatic rings. The second-order valence-electron chi connectivity index (χ2n) is 9.83. The van der Waals surface area contributed by atoms with Crippen molar-refractivity contribution in [1.29, 1.82) is 0 Å². The van der Waals surface area contributed by atoms with Gasteiger partial charge in [0.25, 0.3) is 6.47 Å². The van der Waals surface area contributed by atoms with Crippen LogP contribution in [0, 0.1) is 16.7 Å². The van der Waals surface area contributed by atoms with Gasteiger partial charge in [-0.15, -0.1) is 0 Å². The third-order valence-corrected chi connectivity index (χ3v) is 7.58. The minimum absolute atomic E-state index is 0.0652. The second-order valence-corrected chi connectivity index (χ2v) is 9.83. The Morgan fingerprint density at radius 3 is 2.58 bits per heavy atom. The molecule has 0 saturated heterocycles. The van der Waals surface area contributed by atoms with E-state index >= 15 is 0 Å². The summed E-state index contributed by atoms with van der Waals surface area (Å²) in [5.41, 5.74) is 0.920. The number of aromatic nitrogens is 2. The standard InChI is InChI=1S/C23H29N3O2.CH2O2/c1-3-21-10-16-11-22(13-21,15-23(28,12-16)14-21)20(27)24-19-9-18(25-26(19)2)17-7-5-4-6-8-17;2-1-3/h4-9,16,28H,3,10-15H2,1-2H3,(H,24,27);1H,(H,2,3). The summed E-state index contributed by atoms with van der Waals surface area (Å²) in [4.78, 5) is 21.9. The lowest BCUT2D eigenvalue weighted by atomic mass is 9.42. The number of rotatable bonds is 4. The summed E-state index contributed by atoms with van der Waals surface area (Å²) in [6, 6.07) is 11.9. The van der Waals surface area contributed by atoms with Crippen molar-refractivity contribution in [2.45, 2.75) is 57.5 Å². The van der Waals surface area contributed by atoms with Crippen molar-refractivity contribution in [2.24, 2.45) is 23.8 Å². The van der Waals surface area contributed by atoms with Crippen molar-refractivity contribution in [3.63, 3.8) is 0 Å². The molecule has 4 bridgehead atoms. The summed E-state index contributed by atoms with van der Waals surface area (Å²) in [5.74, 6) is 1.26. The monoisotopic (exact) mass is 425 g/mol. The number of carbonyl (C=O) groups excluding carboxylic acids is 1. The number of carbonyl (C=O) groups is 2. The van der Waals surface area contributed by atoms with Crippen LogP contribution in [0.1, 0.15) is 51.9 Å². The zero-order valence-corrected chi connectivity index (χ0v) is 18.2. The molecule has 4 atom stereocenters. The number of nitrogens with zero attached hydrogens (tertiary/aromatic N) is 2. The number of hydrogen-bond donors (Lipinski definition) is 3. The molecule has 7 nitrogen and oxygen atoms in total. The molecule has 6 rings (SSSR count). The van der Waals surface area contributed by atoms with Crippen LogP contribution in [-0.2, 0) is 16.6 Å². The number of aliphatic hydroxyl groups is 1. The van der Waals surface area contributed by atoms with Gasteiger partial charge in [0.2, 0.25) is 5.91 Å². The average molecular weight is 426 g/mol. The molecular formula is C24H31N3O4. The Bertz CT molecular complexity index is 974. The Morgan fingerprint density at radius 1 is 1.23 bits per heavy atom. The molecule has 7 heteroatoms. The van der Waals surface area contributed by atoms with Gasteiger partial charge >= 0.3 is 0 Å². The molecule has 1 amide bonds. The molecule has 166 valence electrons. The van der Waals surface area contributed by atoms with E-state index in [1.54, 1.807) is 4.68 Å². The van der Waals surface area contributed by atoms with E-state index in [4.69, 9.17) is 9.90 Å². The minimum Gasteiger partial charge on any atom is -0.483 e. The fourth-order valence-corrected chi connectivity index (χ4v) is 6.82. The molecule has 31 heavy (non-hydrogen) atoms. The predicted octanol–water partition coefficient (Wildman–Crippen LogP) is 3.84. The Kier molecular flexibility index (Phi) is 5.41. The molecule has 1 aromatic carbocycles. The molecule has 4 saturated carbocycles. The number of aryl methyl sites for hydroxylation is 1. The Balaban J connectivity index is 0.000000730. The molecule has 0 aliphatic heterocycles. The minimum atomic E-state index is -0.658. The van der Waals surface area contributed by atoms with Crippen LogP contribution in [0.4, 0.5) is 5.82 Å². The van der Waals surface area contributed by atoms with Crippen LogP contribution in [0.3, 0.4) is 0 Å². The first-order valence-electron chi connectivity index (χ1n) is 11.0. The SMILES string of the molecule is CCC12CC3CC(O)(C1)CC(C(=O)Nc1cc(-c4ccccc4)nn1C)(C3)C2.O=CO. The summed E-state index contributed by atoms with van der Waals surface area (Å²) < 4.78 is 1.74. The highest BCUT2D eigenvalue weighted by Crippen LogP contribution is 2.67. The highest BCUT2D eigenvalue weighted by Gasteiger charge is 2.64. The zero-order chi connectivity index (χ0) is 22.3. The Hall–Kier alpha value is -2.67. The lowest BCUT2D eigenvalue weighted by Gasteiger charge is -2.64. The quantitative estimate of drug-likeness (QED) is 0.646. The maximum atomic E-state index is 13.5. The van der Waals surface area contributed by atoms with Crippen LogP contribution in [-0.4, -0.2) is 38.0 Å². The number of amides is 1. The number of anilines is 1. The second kappa shape index (κ2) is 7.79. The fourth-order valence-electron chi connectivity index (χ4n) is 6.82. The van der Waals surface area contributed by atoms with Crippen LogP contribution in [0.5, 0.6) is 0 Å². The van der Waals surface area contributed by atoms with E-state index in [2.05, 4.69) is 17.3 Å². The summed E-state index contributed by atoms with van der Waals surface area (Å²) in [6.45, 7) is 1.97. The highest BCUT2D eigenvalue weighted by atomic mass is 16.3. The van der Waals surface area contributed by atoms with E-state index in [1.165, 1.54) is 6.42 Å². The van der Waals surface area contributed by atoms with E-state index < -0.39 is 11.0 Å². The first kappa shape index (κ1) is 21.6. The largest absolute Gasteiger partial charge is 0.483 e. The van der Waals surface area contributed by atoms with E-state index in [0.717, 1.165) is 49.2 Å². The van der Waals surface area contributed by atoms with Crippen LogP contribution >= 0.6 is 0 Å². The van der Waals surface area contributed by atoms with Gasteiger partial charge in [-0.05, 0) is 49.9 Å². The number of carboxylic acid groups (broad SMARTS) is 1. The van der Waals surface area contributed by atoms with Crippen molar-refractivity contribution in [3.8, 4) is 11.3 Å². The molecule has 4 unspecified atom stereocenters. The van der Waals surface area contributed by atoms with Gasteiger partial charge < -0.3 is 15.5 Å². The lowest BCUT2D eigenvalue weighted by Crippen LogP contribution is -2.63. The van der Waals surface area contributed by atoms with Crippen LogP contribution in [0.15, 0.2) is 36.4 Å². The summed E-state index contributed by atoms with van der Waals surface area (Å²) in [5, 5.41) is 25.8. The van der Waals surface area contributed by atoms with E-state index in [9.17, 15) is 9.90 Å². The zero-order valence-electron chi connectivity index (χ0n) is 18.2. The van der Waals surface area contributed by atoms with E-state index in [-0.39, 0.29) is 17.8 Å². The number of nitrogens with one attached hydrogen (secondary N) is 1. The van der Waals surface area contributed by atoms with Crippen molar-refractivity contribution >= 4 is 18.2 Å². The maximum absolute atomic E-state index is 13.5. The van der Waals surface area contributed by atoms with Crippen molar-refractivity contribution in [1.82, 2.24) is 9.78 Å². The van der Waals surface area contributed by atoms with Crippen LogP contribution in [0.25, 0.3) is 11.3 Å². The molecule has 1 aromatic heterocycles. The first-order valence-corrected chi connectivity index (χ1v) is 11.0. The van der Waals surface area contributed by atoms with Gasteiger partial charge in [-0.1, -0.05) is 43.7 Å². The topological polar surface area (TPSA) is 104 Å². The van der Waals surface area contributed by atoms with Crippen molar-refractivity contribution < 1.29 is 19.8 Å². The molecule has 4 aliphatic carbocycles. The third-order valence-electron chi connectivity index (χ3n) is 7.58. The molecule has 3 N–H and O–H groups in total. The van der Waals surface area contributed by atoms with Crippen LogP contribution < -0.4 is 5.32 Å². The van der Waals surface area contributed by atoms with Gasteiger partial charge in [-0.3, -0.25) is 14.3 Å². The summed E-state index contributed by atoms with van der Waals surface area (Å²) >= 11 is 0. The Morgan fingerprint density at radius 2 is 1.94 bits per heavy atom. The molecular weight excluding hydrogens is 394 g/mol. The average Bonchev–Trinajstić information content (AvgIpc) is 3.08. The molecule has 4 fully saturated rings. The normalized spacial score (nSPS) is 32.8. The lowest BCUT2D eigenvalue weighted by molar-refractivity contribution is -0.201. The maximum Gasteiger partial charge on any atom is 0.290 e. The molecule has 1 heterocycles. The number of hydrogen-bond acceptors (Lipinski definition) is 4. The highest BCUT2D eigenvalue weighted by molar-refractivity contribution is 5.95. The van der Waals surface area contributed by atoms with Gasteiger partial charge in [0.05, 0.1) is 16.7 Å². The van der Waals surface area contributed by atoms with Crippen LogP contribution in [0.2, 0.25) is 0 Å². The third kappa shape index (κ3) is 3.87. The molecule has 2 aromatic rings. The van der Waals surface area contributed by atoms with Gasteiger partial charge in [-0.25, -0.2) is 0 Å². The Labute approximate surface area is 182 Å². The fraction of sp³-hybridized carbons (Fsp3) is 0.542. The van der Waals surface area contributed by atoms with Gasteiger partial charge in [0.15, 0.2) is 0 Å². The van der Waals surface area contributed by atoms with Gasteiger partial charge in [0, 0.05) is 18.7 Å². The predicted molar refractivity (Wildman–Crippen MR) is 117 cm³/mol. The van der Waals surface area contributed by atoms with E-state index in [0.29, 0.717) is 12.3 Å².